The second kappa shape index (κ2) is 9.74. The van der Waals surface area contributed by atoms with Crippen LogP contribution < -0.4 is 21.3 Å². The summed E-state index contributed by atoms with van der Waals surface area (Å²) in [4.78, 5) is 6.02. The molecule has 11 rings (SSSR count). The van der Waals surface area contributed by atoms with Gasteiger partial charge in [-0.1, -0.05) is 63.3 Å². The van der Waals surface area contributed by atoms with E-state index in [0.717, 1.165) is 42.2 Å². The van der Waals surface area contributed by atoms with Crippen LogP contribution >= 0.6 is 0 Å². The highest BCUT2D eigenvalue weighted by molar-refractivity contribution is 5.48. The molecule has 12 bridgehead atoms. The van der Waals surface area contributed by atoms with E-state index in [1.807, 2.05) is 0 Å². The molecule has 6 aliphatic heterocycles. The van der Waals surface area contributed by atoms with Gasteiger partial charge in [-0.3, -0.25) is 31.1 Å². The molecular formula is C36H54N6. The topological polar surface area (TPSA) is 54.6 Å². The Morgan fingerprint density at radius 2 is 1.00 bits per heavy atom. The first-order valence-electron chi connectivity index (χ1n) is 18.3. The van der Waals surface area contributed by atoms with E-state index >= 15 is 0 Å². The van der Waals surface area contributed by atoms with Gasteiger partial charge in [0, 0.05) is 30.1 Å². The third-order valence-corrected chi connectivity index (χ3v) is 15.0. The molecule has 0 spiro atoms. The molecule has 0 aromatic heterocycles. The number of nitrogens with one attached hydrogen (secondary N) is 4. The number of rotatable bonds is 2. The summed E-state index contributed by atoms with van der Waals surface area (Å²) in [6.45, 7) is 7.84. The molecule has 42 heavy (non-hydrogen) atoms. The van der Waals surface area contributed by atoms with Gasteiger partial charge in [0.05, 0.1) is 31.3 Å². The molecule has 6 saturated heterocycles. The molecule has 4 N–H and O–H groups in total. The van der Waals surface area contributed by atoms with Gasteiger partial charge in [0.2, 0.25) is 0 Å². The van der Waals surface area contributed by atoms with Crippen LogP contribution in [-0.4, -0.2) is 65.3 Å². The first kappa shape index (κ1) is 26.2. The maximum Gasteiger partial charge on any atom is 0.0660 e. The first-order valence-corrected chi connectivity index (χ1v) is 18.3. The lowest BCUT2D eigenvalue weighted by Crippen LogP contribution is -2.63. The minimum Gasteiger partial charge on any atom is -0.298 e. The van der Waals surface area contributed by atoms with Crippen LogP contribution in [0.1, 0.15) is 84.0 Å². The van der Waals surface area contributed by atoms with Crippen LogP contribution in [0.5, 0.6) is 0 Å². The van der Waals surface area contributed by atoms with E-state index < -0.39 is 0 Å². The van der Waals surface area contributed by atoms with Crippen molar-refractivity contribution in [2.75, 3.05) is 6.67 Å². The predicted molar refractivity (Wildman–Crippen MR) is 167 cm³/mol. The highest BCUT2D eigenvalue weighted by Crippen LogP contribution is 2.58. The zero-order valence-electron chi connectivity index (χ0n) is 25.8. The number of hydrogen-bond acceptors (Lipinski definition) is 6. The lowest BCUT2D eigenvalue weighted by atomic mass is 9.73. The van der Waals surface area contributed by atoms with Crippen LogP contribution in [0.3, 0.4) is 0 Å². The van der Waals surface area contributed by atoms with E-state index in [0.29, 0.717) is 60.7 Å². The molecule has 4 saturated carbocycles. The molecule has 11 aliphatic rings. The zero-order valence-corrected chi connectivity index (χ0v) is 25.8. The van der Waals surface area contributed by atoms with Crippen molar-refractivity contribution in [2.24, 2.45) is 47.3 Å². The molecule has 228 valence electrons. The molecule has 0 aromatic carbocycles. The molecule has 6 nitrogen and oxygen atoms in total. The maximum atomic E-state index is 4.65. The van der Waals surface area contributed by atoms with Crippen molar-refractivity contribution >= 4 is 0 Å². The number of allylic oxidation sites excluding steroid dienone is 1. The first-order chi connectivity index (χ1) is 20.8. The average molecular weight is 571 g/mol. The Labute approximate surface area is 253 Å². The Hall–Kier alpha value is -1.02. The summed E-state index contributed by atoms with van der Waals surface area (Å²) in [5.41, 5.74) is 3.05. The summed E-state index contributed by atoms with van der Waals surface area (Å²) in [5.74, 6) is 5.88. The highest BCUT2D eigenvalue weighted by atomic mass is 15.5. The van der Waals surface area contributed by atoms with Crippen LogP contribution in [0.15, 0.2) is 36.0 Å². The Bertz CT molecular complexity index is 1160. The van der Waals surface area contributed by atoms with Crippen LogP contribution in [0.2, 0.25) is 0 Å². The maximum absolute atomic E-state index is 4.65. The largest absolute Gasteiger partial charge is 0.298 e. The van der Waals surface area contributed by atoms with Crippen molar-refractivity contribution in [1.29, 1.82) is 0 Å². The third-order valence-electron chi connectivity index (χ3n) is 15.0. The molecule has 6 heteroatoms. The third kappa shape index (κ3) is 3.38. The van der Waals surface area contributed by atoms with E-state index in [1.54, 1.807) is 5.57 Å². The molecule has 0 aromatic rings. The Morgan fingerprint density at radius 3 is 1.45 bits per heavy atom. The predicted octanol–water partition coefficient (Wildman–Crippen LogP) is 4.49. The van der Waals surface area contributed by atoms with E-state index in [4.69, 9.17) is 0 Å². The SMILES string of the molecule is C=CC1=C(/C=C\C)C2NC3C4CCCCC4C4NC5C6CCCCC6C6NC7C8CCCCC8C(NC1C2C65)N7CN34. The van der Waals surface area contributed by atoms with Gasteiger partial charge in [0.1, 0.15) is 0 Å². The van der Waals surface area contributed by atoms with Gasteiger partial charge in [-0.15, -0.1) is 0 Å². The fraction of sp³-hybridized carbons (Fsp3) is 0.833. The minimum absolute atomic E-state index is 0.377. The van der Waals surface area contributed by atoms with E-state index in [-0.39, 0.29) is 0 Å². The second-order valence-corrected chi connectivity index (χ2v) is 16.2. The Morgan fingerprint density at radius 1 is 0.571 bits per heavy atom. The van der Waals surface area contributed by atoms with E-state index in [9.17, 15) is 0 Å². The molecule has 6 heterocycles. The quantitative estimate of drug-likeness (QED) is 0.393. The van der Waals surface area contributed by atoms with Gasteiger partial charge in [0.25, 0.3) is 0 Å². The lowest BCUT2D eigenvalue weighted by Gasteiger charge is -2.44. The zero-order chi connectivity index (χ0) is 27.7. The summed E-state index contributed by atoms with van der Waals surface area (Å²) < 4.78 is 0. The minimum atomic E-state index is 0.377. The van der Waals surface area contributed by atoms with Crippen molar-refractivity contribution in [2.45, 2.75) is 133 Å². The van der Waals surface area contributed by atoms with Crippen molar-refractivity contribution in [3.05, 3.63) is 36.0 Å². The molecule has 18 atom stereocenters. The van der Waals surface area contributed by atoms with Gasteiger partial charge < -0.3 is 0 Å². The summed E-state index contributed by atoms with van der Waals surface area (Å²) >= 11 is 0. The van der Waals surface area contributed by atoms with Crippen LogP contribution in [-0.2, 0) is 0 Å². The van der Waals surface area contributed by atoms with Gasteiger partial charge in [-0.05, 0) is 98.0 Å². The fourth-order valence-electron chi connectivity index (χ4n) is 13.7. The highest BCUT2D eigenvalue weighted by Gasteiger charge is 2.66. The van der Waals surface area contributed by atoms with Crippen molar-refractivity contribution in [1.82, 2.24) is 31.1 Å². The Balaban J connectivity index is 1.24. The molecule has 10 fully saturated rings. The molecular weight excluding hydrogens is 516 g/mol. The standard InChI is InChI=1S/C36H54N6/c1-3-11-20-19(4-2)29-27-28-31-21-12-5-6-13-22(21)32(28)40-36-26-17-10-9-16-25(26)34(38-30(20)27)42(36)18-41-33(37-29)23-14-7-8-15-24(23)35(41)39-31/h3-4,11,21-40H,2,5-10,12-18H2,1H3/b11-3-. The van der Waals surface area contributed by atoms with Gasteiger partial charge in [0.15, 0.2) is 0 Å². The van der Waals surface area contributed by atoms with Crippen LogP contribution in [0.4, 0.5) is 0 Å². The van der Waals surface area contributed by atoms with E-state index in [2.05, 4.69) is 62.8 Å². The van der Waals surface area contributed by atoms with Gasteiger partial charge in [-0.2, -0.15) is 0 Å². The molecule has 0 radical (unpaired) electrons. The van der Waals surface area contributed by atoms with Crippen molar-refractivity contribution in [3.63, 3.8) is 0 Å². The smallest absolute Gasteiger partial charge is 0.0660 e. The monoisotopic (exact) mass is 570 g/mol. The fourth-order valence-corrected chi connectivity index (χ4v) is 13.7. The second-order valence-electron chi connectivity index (χ2n) is 16.2. The number of hydrogen-bond donors (Lipinski definition) is 4. The number of nitrogens with zero attached hydrogens (tertiary/aromatic N) is 2. The summed E-state index contributed by atoms with van der Waals surface area (Å²) in [7, 11) is 0. The summed E-state index contributed by atoms with van der Waals surface area (Å²) in [6, 6.07) is 1.99. The molecule has 18 unspecified atom stereocenters. The molecule has 5 aliphatic carbocycles. The van der Waals surface area contributed by atoms with Crippen LogP contribution in [0.25, 0.3) is 0 Å². The van der Waals surface area contributed by atoms with Gasteiger partial charge >= 0.3 is 0 Å². The van der Waals surface area contributed by atoms with Crippen molar-refractivity contribution < 1.29 is 0 Å². The normalized spacial score (nSPS) is 58.8. The summed E-state index contributed by atoms with van der Waals surface area (Å²) in [6.07, 6.45) is 26.0. The van der Waals surface area contributed by atoms with Crippen LogP contribution in [0, 0.1) is 47.3 Å². The van der Waals surface area contributed by atoms with Crippen molar-refractivity contribution in [3.8, 4) is 0 Å². The lowest BCUT2D eigenvalue weighted by molar-refractivity contribution is -0.00265. The number of fused-ring (bicyclic) bond motifs is 3. The molecule has 0 amide bonds. The average Bonchev–Trinajstić information content (AvgIpc) is 3.69. The van der Waals surface area contributed by atoms with Gasteiger partial charge in [-0.25, -0.2) is 0 Å². The summed E-state index contributed by atoms with van der Waals surface area (Å²) in [5, 5.41) is 18.4. The Kier molecular flexibility index (Phi) is 6.08. The van der Waals surface area contributed by atoms with E-state index in [1.165, 1.54) is 82.6 Å².